The maximum absolute atomic E-state index is 12.9. The Labute approximate surface area is 167 Å². The molecule has 0 saturated carbocycles. The maximum atomic E-state index is 12.9. The molecule has 1 aliphatic carbocycles. The summed E-state index contributed by atoms with van der Waals surface area (Å²) in [5.74, 6) is 0.878. The average Bonchev–Trinajstić information content (AvgIpc) is 3.40. The molecule has 0 aromatic heterocycles. The van der Waals surface area contributed by atoms with Gasteiger partial charge in [0.25, 0.3) is 0 Å². The number of carbonyl (C=O) groups is 2. The zero-order valence-electron chi connectivity index (χ0n) is 16.0. The zero-order valence-corrected chi connectivity index (χ0v) is 16.9. The molecule has 2 atom stereocenters. The van der Waals surface area contributed by atoms with E-state index in [1.165, 1.54) is 11.1 Å². The Morgan fingerprint density at radius 1 is 1.04 bits per heavy atom. The lowest BCUT2D eigenvalue weighted by molar-refractivity contribution is -0.138. The molecule has 1 aromatic rings. The molecule has 2 fully saturated rings. The molecule has 146 valence electrons. The summed E-state index contributed by atoms with van der Waals surface area (Å²) in [4.78, 5) is 27.7. The van der Waals surface area contributed by atoms with E-state index in [9.17, 15) is 9.59 Å². The summed E-state index contributed by atoms with van der Waals surface area (Å²) in [6, 6.07) is 8.34. The minimum absolute atomic E-state index is 0.115. The molecule has 3 aliphatic rings. The molecule has 0 bridgehead atoms. The summed E-state index contributed by atoms with van der Waals surface area (Å²) in [5, 5.41) is 0. The Kier molecular flexibility index (Phi) is 5.88. The SMILES string of the molecule is O=C(CCCC1Cc2ccccc2C1)C1CCN(S)[C@H]1C(=O)N1CCCC1. The van der Waals surface area contributed by atoms with Gasteiger partial charge in [0.1, 0.15) is 11.8 Å². The second-order valence-corrected chi connectivity index (χ2v) is 8.95. The largest absolute Gasteiger partial charge is 0.341 e. The third-order valence-electron chi connectivity index (χ3n) is 6.63. The van der Waals surface area contributed by atoms with Crippen LogP contribution in [-0.4, -0.2) is 46.6 Å². The molecule has 2 heterocycles. The van der Waals surface area contributed by atoms with Crippen LogP contribution in [0.3, 0.4) is 0 Å². The Morgan fingerprint density at radius 3 is 2.37 bits per heavy atom. The molecule has 4 rings (SSSR count). The quantitative estimate of drug-likeness (QED) is 0.763. The van der Waals surface area contributed by atoms with Gasteiger partial charge in [0.2, 0.25) is 5.91 Å². The number of nitrogens with zero attached hydrogens (tertiary/aromatic N) is 2. The maximum Gasteiger partial charge on any atom is 0.241 e. The summed E-state index contributed by atoms with van der Waals surface area (Å²) in [6.07, 6.45) is 7.85. The van der Waals surface area contributed by atoms with Gasteiger partial charge in [-0.3, -0.25) is 9.59 Å². The smallest absolute Gasteiger partial charge is 0.241 e. The van der Waals surface area contributed by atoms with Gasteiger partial charge < -0.3 is 4.90 Å². The van der Waals surface area contributed by atoms with Crippen LogP contribution in [0.1, 0.15) is 49.7 Å². The second-order valence-electron chi connectivity index (χ2n) is 8.44. The van der Waals surface area contributed by atoms with E-state index < -0.39 is 0 Å². The molecule has 1 aromatic carbocycles. The van der Waals surface area contributed by atoms with E-state index in [2.05, 4.69) is 37.1 Å². The number of ketones is 1. The monoisotopic (exact) mass is 386 g/mol. The second kappa shape index (κ2) is 8.36. The van der Waals surface area contributed by atoms with E-state index in [4.69, 9.17) is 0 Å². The minimum atomic E-state index is -0.352. The number of carbonyl (C=O) groups excluding carboxylic acids is 2. The molecule has 0 N–H and O–H groups in total. The van der Waals surface area contributed by atoms with Gasteiger partial charge in [0, 0.05) is 32.0 Å². The van der Waals surface area contributed by atoms with Crippen LogP contribution >= 0.6 is 12.8 Å². The third kappa shape index (κ3) is 4.09. The molecule has 4 nitrogen and oxygen atoms in total. The first kappa shape index (κ1) is 19.0. The van der Waals surface area contributed by atoms with Gasteiger partial charge in [-0.15, -0.1) is 0 Å². The highest BCUT2D eigenvalue weighted by atomic mass is 32.1. The number of hydrogen-bond acceptors (Lipinski definition) is 4. The Morgan fingerprint density at radius 2 is 1.70 bits per heavy atom. The van der Waals surface area contributed by atoms with Crippen LogP contribution < -0.4 is 0 Å². The van der Waals surface area contributed by atoms with Crippen molar-refractivity contribution >= 4 is 24.5 Å². The molecule has 5 heteroatoms. The first-order chi connectivity index (χ1) is 13.1. The van der Waals surface area contributed by atoms with Gasteiger partial charge in [-0.1, -0.05) is 37.1 Å². The van der Waals surface area contributed by atoms with Crippen LogP contribution in [-0.2, 0) is 22.4 Å². The normalized spacial score (nSPS) is 25.9. The molecular formula is C22H30N2O2S. The van der Waals surface area contributed by atoms with E-state index in [0.717, 1.165) is 64.6 Å². The molecule has 2 aliphatic heterocycles. The topological polar surface area (TPSA) is 40.6 Å². The fourth-order valence-electron chi connectivity index (χ4n) is 5.14. The van der Waals surface area contributed by atoms with E-state index in [1.807, 2.05) is 4.90 Å². The van der Waals surface area contributed by atoms with Gasteiger partial charge >= 0.3 is 0 Å². The lowest BCUT2D eigenvalue weighted by Gasteiger charge is -2.27. The highest BCUT2D eigenvalue weighted by molar-refractivity contribution is 7.77. The summed E-state index contributed by atoms with van der Waals surface area (Å²) < 4.78 is 1.80. The van der Waals surface area contributed by atoms with Gasteiger partial charge in [0.05, 0.1) is 0 Å². The van der Waals surface area contributed by atoms with Crippen molar-refractivity contribution < 1.29 is 9.59 Å². The molecule has 0 radical (unpaired) electrons. The summed E-state index contributed by atoms with van der Waals surface area (Å²) in [6.45, 7) is 2.39. The summed E-state index contributed by atoms with van der Waals surface area (Å²) in [7, 11) is 0. The van der Waals surface area contributed by atoms with Crippen molar-refractivity contribution in [2.24, 2.45) is 11.8 Å². The van der Waals surface area contributed by atoms with Crippen LogP contribution in [0.4, 0.5) is 0 Å². The van der Waals surface area contributed by atoms with Gasteiger partial charge in [-0.05, 0) is 62.0 Å². The number of thiol groups is 1. The Balaban J connectivity index is 1.28. The standard InChI is InChI=1S/C22H30N2O2S/c25-20(9-5-6-16-14-17-7-1-2-8-18(17)15-16)19-10-13-24(27)21(19)22(26)23-11-3-4-12-23/h1-2,7-8,16,19,21,27H,3-6,9-15H2/t19?,21-/m1/s1. The van der Waals surface area contributed by atoms with Crippen molar-refractivity contribution in [2.45, 2.75) is 57.4 Å². The zero-order chi connectivity index (χ0) is 18.8. The minimum Gasteiger partial charge on any atom is -0.341 e. The fourth-order valence-corrected chi connectivity index (χ4v) is 5.52. The number of amides is 1. The first-order valence-electron chi connectivity index (χ1n) is 10.5. The predicted octanol–water partition coefficient (Wildman–Crippen LogP) is 3.30. The highest BCUT2D eigenvalue weighted by Gasteiger charge is 2.43. The van der Waals surface area contributed by atoms with E-state index >= 15 is 0 Å². The van der Waals surface area contributed by atoms with Crippen LogP contribution in [0.5, 0.6) is 0 Å². The van der Waals surface area contributed by atoms with Crippen LogP contribution in [0.2, 0.25) is 0 Å². The van der Waals surface area contributed by atoms with Crippen molar-refractivity contribution in [1.29, 1.82) is 0 Å². The van der Waals surface area contributed by atoms with Crippen molar-refractivity contribution in [2.75, 3.05) is 19.6 Å². The van der Waals surface area contributed by atoms with Crippen molar-refractivity contribution in [3.05, 3.63) is 35.4 Å². The van der Waals surface area contributed by atoms with Crippen LogP contribution in [0, 0.1) is 11.8 Å². The number of hydrogen-bond donors (Lipinski definition) is 1. The van der Waals surface area contributed by atoms with Gasteiger partial charge in [0.15, 0.2) is 0 Å². The molecule has 0 spiro atoms. The Bertz CT molecular complexity index is 676. The lowest BCUT2D eigenvalue weighted by Crippen LogP contribution is -2.46. The molecule has 1 unspecified atom stereocenters. The third-order valence-corrected chi connectivity index (χ3v) is 7.08. The number of benzene rings is 1. The first-order valence-corrected chi connectivity index (χ1v) is 10.9. The predicted molar refractivity (Wildman–Crippen MR) is 110 cm³/mol. The van der Waals surface area contributed by atoms with Crippen molar-refractivity contribution in [3.8, 4) is 0 Å². The average molecular weight is 387 g/mol. The highest BCUT2D eigenvalue weighted by Crippen LogP contribution is 2.32. The number of likely N-dealkylation sites (tertiary alicyclic amines) is 1. The molecular weight excluding hydrogens is 356 g/mol. The van der Waals surface area contributed by atoms with E-state index in [-0.39, 0.29) is 23.7 Å². The molecule has 2 saturated heterocycles. The van der Waals surface area contributed by atoms with Crippen LogP contribution in [0.15, 0.2) is 24.3 Å². The van der Waals surface area contributed by atoms with Crippen LogP contribution in [0.25, 0.3) is 0 Å². The Hall–Kier alpha value is -1.33. The van der Waals surface area contributed by atoms with Crippen molar-refractivity contribution in [3.63, 3.8) is 0 Å². The molecule has 1 amide bonds. The summed E-state index contributed by atoms with van der Waals surface area (Å²) >= 11 is 4.50. The lowest BCUT2D eigenvalue weighted by atomic mass is 9.90. The number of Topliss-reactive ketones (excluding diaryl/α,β-unsaturated/α-hetero) is 1. The van der Waals surface area contributed by atoms with E-state index in [1.54, 1.807) is 4.31 Å². The van der Waals surface area contributed by atoms with Gasteiger partial charge in [-0.25, -0.2) is 4.31 Å². The fraction of sp³-hybridized carbons (Fsp3) is 0.636. The summed E-state index contributed by atoms with van der Waals surface area (Å²) in [5.41, 5.74) is 2.96. The van der Waals surface area contributed by atoms with Gasteiger partial charge in [-0.2, -0.15) is 0 Å². The molecule has 27 heavy (non-hydrogen) atoms. The number of fused-ring (bicyclic) bond motifs is 1. The van der Waals surface area contributed by atoms with E-state index in [0.29, 0.717) is 12.3 Å². The van der Waals surface area contributed by atoms with Crippen molar-refractivity contribution in [1.82, 2.24) is 9.21 Å². The number of rotatable bonds is 6.